The second-order valence-electron chi connectivity index (χ2n) is 9.98. The molecular formula is C25H40N2O8PS+. The van der Waals surface area contributed by atoms with Crippen molar-refractivity contribution in [3.63, 3.8) is 0 Å². The number of rotatable bonds is 13. The van der Waals surface area contributed by atoms with Crippen LogP contribution in [0.1, 0.15) is 26.7 Å². The quantitative estimate of drug-likeness (QED) is 0.367. The molecule has 208 valence electrons. The number of methoxy groups -OCH3 is 2. The van der Waals surface area contributed by atoms with E-state index in [0.717, 1.165) is 0 Å². The summed E-state index contributed by atoms with van der Waals surface area (Å²) in [5, 5.41) is 2.93. The van der Waals surface area contributed by atoms with Crippen LogP contribution in [0.3, 0.4) is 0 Å². The predicted octanol–water partition coefficient (Wildman–Crippen LogP) is 2.90. The first-order chi connectivity index (χ1) is 17.5. The van der Waals surface area contributed by atoms with Crippen LogP contribution in [0.25, 0.3) is 0 Å². The molecule has 0 spiro atoms. The fourth-order valence-corrected chi connectivity index (χ4v) is 7.26. The minimum absolute atomic E-state index is 0.0450. The van der Waals surface area contributed by atoms with Crippen LogP contribution in [0.5, 0.6) is 5.75 Å². The third kappa shape index (κ3) is 8.12. The van der Waals surface area contributed by atoms with Gasteiger partial charge < -0.3 is 29.0 Å². The van der Waals surface area contributed by atoms with Gasteiger partial charge in [0, 0.05) is 33.0 Å². The number of nitrogens with one attached hydrogen (secondary N) is 1. The van der Waals surface area contributed by atoms with Crippen molar-refractivity contribution in [2.75, 3.05) is 46.9 Å². The first-order valence-corrected chi connectivity index (χ1v) is 16.0. The van der Waals surface area contributed by atoms with E-state index in [0.29, 0.717) is 31.3 Å². The van der Waals surface area contributed by atoms with E-state index >= 15 is 0 Å². The number of amides is 1. The molecule has 12 heteroatoms. The second-order valence-corrected chi connectivity index (χ2v) is 14.0. The lowest BCUT2D eigenvalue weighted by molar-refractivity contribution is 0.00142. The Balaban J connectivity index is 1.74. The number of carbonyl (C=O) groups is 1. The molecule has 3 rings (SSSR count). The Kier molecular flexibility index (Phi) is 10.8. The molecule has 1 aromatic rings. The molecule has 0 radical (unpaired) electrons. The number of fused-ring (bicyclic) bond motifs is 1. The van der Waals surface area contributed by atoms with Crippen molar-refractivity contribution in [3.05, 3.63) is 24.3 Å². The molecule has 5 unspecified atom stereocenters. The summed E-state index contributed by atoms with van der Waals surface area (Å²) in [6.07, 6.45) is 4.29. The molecule has 1 saturated heterocycles. The van der Waals surface area contributed by atoms with E-state index in [1.807, 2.05) is 20.5 Å². The number of nitrogens with zero attached hydrogens (tertiary/aromatic N) is 1. The standard InChI is InChI=1S/C25H39N2O8PS/c1-17(2)13-27(37(29,30)20-9-7-18(31-3)8-10-20)14-24(32-4)21(15-36(5)6)26-25(28)35-19-11-22-23(12-19)34-16-33-22/h7-10,17,19,21-24H,5,11-16H2,1-4,6H3/p+1. The molecule has 37 heavy (non-hydrogen) atoms. The highest BCUT2D eigenvalue weighted by Gasteiger charge is 2.42. The predicted molar refractivity (Wildman–Crippen MR) is 143 cm³/mol. The van der Waals surface area contributed by atoms with E-state index < -0.39 is 35.8 Å². The van der Waals surface area contributed by atoms with Gasteiger partial charge in [-0.3, -0.25) is 0 Å². The second kappa shape index (κ2) is 13.4. The Hall–Kier alpha value is -1.75. The first-order valence-electron chi connectivity index (χ1n) is 12.4. The summed E-state index contributed by atoms with van der Waals surface area (Å²) in [6, 6.07) is 5.81. The van der Waals surface area contributed by atoms with Crippen LogP contribution in [-0.4, -0.2) is 103 Å². The number of benzene rings is 1. The maximum absolute atomic E-state index is 13.6. The minimum Gasteiger partial charge on any atom is -0.497 e. The van der Waals surface area contributed by atoms with Gasteiger partial charge in [-0.25, -0.2) is 13.2 Å². The van der Waals surface area contributed by atoms with Crippen LogP contribution in [0.4, 0.5) is 4.79 Å². The fourth-order valence-electron chi connectivity index (χ4n) is 4.65. The molecule has 2 fully saturated rings. The first kappa shape index (κ1) is 29.8. The summed E-state index contributed by atoms with van der Waals surface area (Å²) in [7, 11) is -1.45. The van der Waals surface area contributed by atoms with Crippen LogP contribution >= 0.6 is 7.55 Å². The van der Waals surface area contributed by atoms with Crippen molar-refractivity contribution in [2.24, 2.45) is 5.92 Å². The van der Waals surface area contributed by atoms with Gasteiger partial charge in [-0.05, 0) is 30.2 Å². The number of ether oxygens (including phenoxy) is 5. The summed E-state index contributed by atoms with van der Waals surface area (Å²) in [4.78, 5) is 13.0. The zero-order valence-electron chi connectivity index (χ0n) is 22.3. The number of hydrogen-bond donors (Lipinski definition) is 1. The van der Waals surface area contributed by atoms with E-state index in [2.05, 4.69) is 11.6 Å². The van der Waals surface area contributed by atoms with E-state index in [-0.39, 0.29) is 42.5 Å². The van der Waals surface area contributed by atoms with E-state index in [1.165, 1.54) is 30.7 Å². The molecule has 5 atom stereocenters. The lowest BCUT2D eigenvalue weighted by Gasteiger charge is -2.31. The zero-order chi connectivity index (χ0) is 27.2. The van der Waals surface area contributed by atoms with Gasteiger partial charge in [-0.15, -0.1) is 0 Å². The Labute approximate surface area is 221 Å². The molecule has 1 N–H and O–H groups in total. The summed E-state index contributed by atoms with van der Waals surface area (Å²) in [6.45, 7) is 6.54. The monoisotopic (exact) mass is 559 g/mol. The Morgan fingerprint density at radius 2 is 1.78 bits per heavy atom. The highest BCUT2D eigenvalue weighted by molar-refractivity contribution is 7.89. The Morgan fingerprint density at radius 3 is 2.30 bits per heavy atom. The molecule has 2 aliphatic rings. The van der Waals surface area contributed by atoms with Crippen molar-refractivity contribution in [1.82, 2.24) is 9.62 Å². The van der Waals surface area contributed by atoms with Crippen LogP contribution in [0, 0.1) is 5.92 Å². The van der Waals surface area contributed by atoms with Crippen LogP contribution in [-0.2, 0) is 29.0 Å². The third-order valence-corrected chi connectivity index (χ3v) is 9.32. The van der Waals surface area contributed by atoms with Crippen molar-refractivity contribution in [1.29, 1.82) is 0 Å². The van der Waals surface area contributed by atoms with Gasteiger partial charge in [-0.1, -0.05) is 13.8 Å². The molecule has 1 heterocycles. The van der Waals surface area contributed by atoms with E-state index in [4.69, 9.17) is 23.7 Å². The average molecular weight is 560 g/mol. The maximum Gasteiger partial charge on any atom is 0.407 e. The van der Waals surface area contributed by atoms with Gasteiger partial charge in [0.15, 0.2) is 0 Å². The molecule has 1 aromatic carbocycles. The fraction of sp³-hybridized carbons (Fsp3) is 0.680. The largest absolute Gasteiger partial charge is 0.497 e. The summed E-state index contributed by atoms with van der Waals surface area (Å²) < 4.78 is 56.2. The summed E-state index contributed by atoms with van der Waals surface area (Å²) in [5.41, 5.74) is 0. The SMILES string of the molecule is C=[P+](C)CC(NC(=O)OC1CC2OCOC2C1)C(CN(CC(C)C)S(=O)(=O)c1ccc(OC)cc1)OC. The van der Waals surface area contributed by atoms with Gasteiger partial charge in [0.05, 0.1) is 56.9 Å². The molecule has 1 aliphatic carbocycles. The molecule has 1 aliphatic heterocycles. The number of carbonyl (C=O) groups excluding carboxylic acids is 1. The smallest absolute Gasteiger partial charge is 0.407 e. The summed E-state index contributed by atoms with van der Waals surface area (Å²) >= 11 is 0. The molecule has 0 aromatic heterocycles. The lowest BCUT2D eigenvalue weighted by Crippen LogP contribution is -2.52. The number of alkyl carbamates (subject to hydrolysis) is 1. The average Bonchev–Trinajstić information content (AvgIpc) is 3.42. The maximum atomic E-state index is 13.6. The van der Waals surface area contributed by atoms with Gasteiger partial charge in [0.2, 0.25) is 10.0 Å². The normalized spacial score (nSPS) is 23.5. The van der Waals surface area contributed by atoms with E-state index in [9.17, 15) is 13.2 Å². The van der Waals surface area contributed by atoms with Crippen LogP contribution in [0.15, 0.2) is 29.2 Å². The zero-order valence-corrected chi connectivity index (χ0v) is 24.0. The minimum atomic E-state index is -3.83. The van der Waals surface area contributed by atoms with Gasteiger partial charge in [0.25, 0.3) is 0 Å². The van der Waals surface area contributed by atoms with Crippen molar-refractivity contribution < 1.29 is 36.9 Å². The van der Waals surface area contributed by atoms with Gasteiger partial charge in [-0.2, -0.15) is 4.31 Å². The molecule has 1 saturated carbocycles. The van der Waals surface area contributed by atoms with Crippen LogP contribution < -0.4 is 10.1 Å². The van der Waals surface area contributed by atoms with Crippen molar-refractivity contribution >= 4 is 30.0 Å². The molecule has 0 bridgehead atoms. The topological polar surface area (TPSA) is 113 Å². The van der Waals surface area contributed by atoms with Gasteiger partial charge in [0.1, 0.15) is 24.8 Å². The Bertz CT molecular complexity index is 1010. The number of sulfonamides is 1. The van der Waals surface area contributed by atoms with Gasteiger partial charge >= 0.3 is 6.09 Å². The molecule has 10 nitrogen and oxygen atoms in total. The molecule has 1 amide bonds. The third-order valence-electron chi connectivity index (χ3n) is 6.46. The Morgan fingerprint density at radius 1 is 1.16 bits per heavy atom. The van der Waals surface area contributed by atoms with Crippen LogP contribution in [0.2, 0.25) is 0 Å². The molecular weight excluding hydrogens is 519 g/mol. The highest BCUT2D eigenvalue weighted by Crippen LogP contribution is 2.32. The summed E-state index contributed by atoms with van der Waals surface area (Å²) in [5.74, 6) is 0.645. The van der Waals surface area contributed by atoms with Crippen molar-refractivity contribution in [3.8, 4) is 5.75 Å². The highest BCUT2D eigenvalue weighted by atomic mass is 32.2. The lowest BCUT2D eigenvalue weighted by atomic mass is 10.1. The van der Waals surface area contributed by atoms with E-state index in [1.54, 1.807) is 12.1 Å². The number of hydrogen-bond acceptors (Lipinski definition) is 8. The van der Waals surface area contributed by atoms with Crippen molar-refractivity contribution in [2.45, 2.75) is 62.0 Å².